The summed E-state index contributed by atoms with van der Waals surface area (Å²) in [5.74, 6) is -0.493. The van der Waals surface area contributed by atoms with Crippen LogP contribution in [0.15, 0.2) is 109 Å². The number of non-ortho nitro benzene ring substituents is 2. The minimum atomic E-state index is -1.05. The van der Waals surface area contributed by atoms with Gasteiger partial charge in [0, 0.05) is 54.7 Å². The molecule has 0 amide bonds. The molecular weight excluding hydrogens is 841 g/mol. The molecule has 0 aromatic heterocycles. The van der Waals surface area contributed by atoms with Gasteiger partial charge in [-0.1, -0.05) is 48.5 Å². The molecular formula is C49H54N2O14. The molecule has 0 aliphatic heterocycles. The smallest absolute Gasteiger partial charge is 0.330 e. The number of hydrogen-bond acceptors (Lipinski definition) is 14. The number of nitrogens with zero attached hydrogens (tertiary/aromatic N) is 2. The number of unbranched alkanes of at least 4 members (excludes halogenated alkanes) is 4. The molecule has 0 saturated carbocycles. The maximum atomic E-state index is 13.2. The van der Waals surface area contributed by atoms with Gasteiger partial charge in [0.1, 0.15) is 24.7 Å². The van der Waals surface area contributed by atoms with Crippen LogP contribution in [-0.2, 0) is 51.0 Å². The van der Waals surface area contributed by atoms with E-state index in [1.807, 2.05) is 24.3 Å². The fourth-order valence-electron chi connectivity index (χ4n) is 6.55. The van der Waals surface area contributed by atoms with Gasteiger partial charge in [-0.2, -0.15) is 0 Å². The molecule has 0 atom stereocenters. The molecule has 4 rings (SSSR count). The highest BCUT2D eigenvalue weighted by Gasteiger charge is 2.35. The van der Waals surface area contributed by atoms with E-state index < -0.39 is 39.1 Å². The molecule has 16 nitrogen and oxygen atoms in total. The van der Waals surface area contributed by atoms with Crippen LogP contribution < -0.4 is 9.47 Å². The zero-order valence-electron chi connectivity index (χ0n) is 36.6. The predicted molar refractivity (Wildman–Crippen MR) is 241 cm³/mol. The number of rotatable bonds is 28. The van der Waals surface area contributed by atoms with Gasteiger partial charge in [0.15, 0.2) is 0 Å². The topological polar surface area (TPSA) is 210 Å². The van der Waals surface area contributed by atoms with Gasteiger partial charge in [-0.15, -0.1) is 0 Å². The van der Waals surface area contributed by atoms with E-state index in [0.717, 1.165) is 11.1 Å². The van der Waals surface area contributed by atoms with Crippen LogP contribution in [0.3, 0.4) is 0 Å². The second-order valence-electron chi connectivity index (χ2n) is 15.2. The lowest BCUT2D eigenvalue weighted by molar-refractivity contribution is -0.385. The Bertz CT molecular complexity index is 2060. The number of hydrogen-bond donors (Lipinski definition) is 0. The van der Waals surface area contributed by atoms with Gasteiger partial charge in [-0.25, -0.2) is 9.59 Å². The number of carbonyl (C=O) groups excluding carboxylic acids is 4. The first-order valence-corrected chi connectivity index (χ1v) is 21.1. The summed E-state index contributed by atoms with van der Waals surface area (Å²) >= 11 is 0. The summed E-state index contributed by atoms with van der Waals surface area (Å²) in [6.07, 6.45) is 10.3. The number of ether oxygens (including phenoxy) is 6. The van der Waals surface area contributed by atoms with Crippen molar-refractivity contribution in [3.05, 3.63) is 152 Å². The zero-order valence-corrected chi connectivity index (χ0v) is 36.6. The lowest BCUT2D eigenvalue weighted by Gasteiger charge is -2.33. The molecule has 0 aliphatic rings. The zero-order chi connectivity index (χ0) is 46.9. The van der Waals surface area contributed by atoms with E-state index in [1.54, 1.807) is 60.7 Å². The Morgan fingerprint density at radius 1 is 0.523 bits per heavy atom. The number of nitro groups is 2. The van der Waals surface area contributed by atoms with Gasteiger partial charge in [-0.3, -0.25) is 29.8 Å². The van der Waals surface area contributed by atoms with Crippen molar-refractivity contribution in [2.75, 3.05) is 40.6 Å². The summed E-state index contributed by atoms with van der Waals surface area (Å²) in [5, 5.41) is 22.8. The summed E-state index contributed by atoms with van der Waals surface area (Å²) in [6.45, 7) is 0.517. The highest BCUT2D eigenvalue weighted by Crippen LogP contribution is 2.32. The first-order chi connectivity index (χ1) is 31.4. The molecule has 0 N–H and O–H groups in total. The Kier molecular flexibility index (Phi) is 20.9. The van der Waals surface area contributed by atoms with Crippen molar-refractivity contribution < 1.29 is 57.4 Å². The van der Waals surface area contributed by atoms with Crippen LogP contribution in [0.1, 0.15) is 73.6 Å². The SMILES string of the molecule is COC(=O)C=Cc1ccc(OCCCCCC(=O)OCC(COC(=O)CCCCCOc2ccc(C=CC(=O)OC)cc2)(Cc2ccc([N+](=O)[O-])cc2)Cc2ccc([N+](=O)[O-])cc2)cc1. The molecule has 4 aromatic carbocycles. The molecule has 4 aromatic rings. The predicted octanol–water partition coefficient (Wildman–Crippen LogP) is 9.01. The molecule has 0 fully saturated rings. The monoisotopic (exact) mass is 894 g/mol. The largest absolute Gasteiger partial charge is 0.494 e. The Hall–Kier alpha value is -7.36. The van der Waals surface area contributed by atoms with Crippen LogP contribution in [0.5, 0.6) is 11.5 Å². The number of esters is 4. The van der Waals surface area contributed by atoms with Gasteiger partial charge in [0.2, 0.25) is 0 Å². The van der Waals surface area contributed by atoms with Crippen molar-refractivity contribution in [2.45, 2.75) is 64.2 Å². The van der Waals surface area contributed by atoms with Gasteiger partial charge < -0.3 is 28.4 Å². The van der Waals surface area contributed by atoms with E-state index in [2.05, 4.69) is 9.47 Å². The van der Waals surface area contributed by atoms with E-state index in [0.29, 0.717) is 74.4 Å². The minimum Gasteiger partial charge on any atom is -0.494 e. The summed E-state index contributed by atoms with van der Waals surface area (Å²) < 4.78 is 32.6. The molecule has 0 bridgehead atoms. The van der Waals surface area contributed by atoms with Crippen LogP contribution in [-0.4, -0.2) is 74.4 Å². The summed E-state index contributed by atoms with van der Waals surface area (Å²) in [4.78, 5) is 70.8. The quantitative estimate of drug-likeness (QED) is 0.0130. The second-order valence-corrected chi connectivity index (χ2v) is 15.2. The number of nitro benzene ring substituents is 2. The summed E-state index contributed by atoms with van der Waals surface area (Å²) in [7, 11) is 2.62. The van der Waals surface area contributed by atoms with Crippen molar-refractivity contribution in [2.24, 2.45) is 5.41 Å². The third kappa shape index (κ3) is 18.9. The third-order valence-electron chi connectivity index (χ3n) is 10.1. The first-order valence-electron chi connectivity index (χ1n) is 21.1. The van der Waals surface area contributed by atoms with Crippen LogP contribution in [0.25, 0.3) is 12.2 Å². The number of carbonyl (C=O) groups is 4. The fourth-order valence-corrected chi connectivity index (χ4v) is 6.55. The van der Waals surface area contributed by atoms with E-state index >= 15 is 0 Å². The van der Waals surface area contributed by atoms with E-state index in [4.69, 9.17) is 18.9 Å². The Balaban J connectivity index is 1.34. The molecule has 0 aliphatic carbocycles. The van der Waals surface area contributed by atoms with Gasteiger partial charge in [-0.05, 0) is 110 Å². The van der Waals surface area contributed by atoms with Crippen molar-refractivity contribution in [1.82, 2.24) is 0 Å². The van der Waals surface area contributed by atoms with Gasteiger partial charge in [0.05, 0.1) is 37.3 Å². The average Bonchev–Trinajstić information content (AvgIpc) is 3.31. The van der Waals surface area contributed by atoms with E-state index in [1.165, 1.54) is 50.6 Å². The van der Waals surface area contributed by atoms with Gasteiger partial charge >= 0.3 is 23.9 Å². The van der Waals surface area contributed by atoms with E-state index in [9.17, 15) is 39.4 Å². The van der Waals surface area contributed by atoms with E-state index in [-0.39, 0.29) is 50.3 Å². The standard InChI is InChI=1S/C49H54N2O14/c1-60-45(52)29-19-37-15-25-43(26-16-37)62-31-7-3-5-9-47(54)64-35-49(33-39-11-21-41(22-12-39)50(56)57,34-40-13-23-42(24-14-40)51(58)59)36-65-48(55)10-6-4-8-32-63-44-27-17-38(18-28-44)20-30-46(53)61-2/h11-30H,3-10,31-36H2,1-2H3. The lowest BCUT2D eigenvalue weighted by atomic mass is 9.77. The highest BCUT2D eigenvalue weighted by molar-refractivity contribution is 5.87. The van der Waals surface area contributed by atoms with Crippen LogP contribution in [0, 0.1) is 25.6 Å². The molecule has 65 heavy (non-hydrogen) atoms. The Morgan fingerprint density at radius 3 is 1.23 bits per heavy atom. The molecule has 0 saturated heterocycles. The van der Waals surface area contributed by atoms with Crippen molar-refractivity contribution in [1.29, 1.82) is 0 Å². The third-order valence-corrected chi connectivity index (χ3v) is 10.1. The molecule has 0 heterocycles. The Labute approximate surface area is 377 Å². The highest BCUT2D eigenvalue weighted by atomic mass is 16.6. The number of benzene rings is 4. The fraction of sp³-hybridized carbons (Fsp3) is 0.347. The van der Waals surface area contributed by atoms with Crippen LogP contribution in [0.2, 0.25) is 0 Å². The molecule has 16 heteroatoms. The molecule has 0 radical (unpaired) electrons. The maximum Gasteiger partial charge on any atom is 0.330 e. The minimum absolute atomic E-state index is 0.103. The second kappa shape index (κ2) is 27.0. The first kappa shape index (κ1) is 50.3. The maximum absolute atomic E-state index is 13.2. The summed E-state index contributed by atoms with van der Waals surface area (Å²) in [5.41, 5.74) is 1.71. The van der Waals surface area contributed by atoms with Crippen molar-refractivity contribution in [3.8, 4) is 11.5 Å². The van der Waals surface area contributed by atoms with Crippen molar-refractivity contribution >= 4 is 47.4 Å². The van der Waals surface area contributed by atoms with Crippen molar-refractivity contribution in [3.63, 3.8) is 0 Å². The Morgan fingerprint density at radius 2 is 0.892 bits per heavy atom. The van der Waals surface area contributed by atoms with Gasteiger partial charge in [0.25, 0.3) is 11.4 Å². The molecule has 0 spiro atoms. The molecule has 0 unspecified atom stereocenters. The number of methoxy groups -OCH3 is 2. The van der Waals surface area contributed by atoms with Crippen LogP contribution in [0.4, 0.5) is 11.4 Å². The average molecular weight is 895 g/mol. The normalized spacial score (nSPS) is 11.2. The molecule has 344 valence electrons. The lowest BCUT2D eigenvalue weighted by Crippen LogP contribution is -2.39. The van der Waals surface area contributed by atoms with Crippen LogP contribution >= 0.6 is 0 Å². The summed E-state index contributed by atoms with van der Waals surface area (Å²) in [6, 6.07) is 26.3.